The predicted octanol–water partition coefficient (Wildman–Crippen LogP) is 4.74. The molecule has 0 fully saturated rings. The Labute approximate surface area is 167 Å². The average molecular weight is 390 g/mol. The summed E-state index contributed by atoms with van der Waals surface area (Å²) in [6, 6.07) is 14.4. The van der Waals surface area contributed by atoms with E-state index in [2.05, 4.69) is 0 Å². The minimum Gasteiger partial charge on any atom is -0.504 e. The molecule has 2 aromatic carbocycles. The summed E-state index contributed by atoms with van der Waals surface area (Å²) in [4.78, 5) is 13.0. The number of halogens is 1. The van der Waals surface area contributed by atoms with Crippen LogP contribution in [-0.2, 0) is 0 Å². The van der Waals surface area contributed by atoms with E-state index in [-0.39, 0.29) is 17.1 Å². The Morgan fingerprint density at radius 3 is 2.59 bits per heavy atom. The number of nitrogens with zero attached hydrogens (tertiary/aromatic N) is 2. The molecule has 0 atom stereocenters. The Morgan fingerprint density at radius 2 is 1.93 bits per heavy atom. The van der Waals surface area contributed by atoms with E-state index in [1.165, 1.54) is 31.4 Å². The van der Waals surface area contributed by atoms with Gasteiger partial charge < -0.3 is 14.4 Å². The van der Waals surface area contributed by atoms with E-state index < -0.39 is 11.6 Å². The first-order chi connectivity index (χ1) is 13.9. The van der Waals surface area contributed by atoms with E-state index in [0.717, 1.165) is 0 Å². The molecule has 5 nitrogen and oxygen atoms in total. The van der Waals surface area contributed by atoms with Crippen LogP contribution in [0, 0.1) is 31.0 Å². The summed E-state index contributed by atoms with van der Waals surface area (Å²) in [7, 11) is 1.41. The minimum atomic E-state index is -0.463. The third kappa shape index (κ3) is 3.76. The molecule has 0 aliphatic heterocycles. The van der Waals surface area contributed by atoms with E-state index in [9.17, 15) is 19.6 Å². The third-order valence-electron chi connectivity index (χ3n) is 4.65. The molecule has 146 valence electrons. The van der Waals surface area contributed by atoms with Crippen LogP contribution in [-0.4, -0.2) is 22.6 Å². The van der Waals surface area contributed by atoms with Gasteiger partial charge in [0.25, 0.3) is 0 Å². The van der Waals surface area contributed by atoms with Crippen molar-refractivity contribution in [3.8, 4) is 23.3 Å². The predicted molar refractivity (Wildman–Crippen MR) is 108 cm³/mol. The quantitative estimate of drug-likeness (QED) is 0.388. The van der Waals surface area contributed by atoms with Gasteiger partial charge in [0, 0.05) is 17.0 Å². The molecule has 6 heteroatoms. The molecule has 0 bridgehead atoms. The van der Waals surface area contributed by atoms with Crippen LogP contribution < -0.4 is 4.74 Å². The second-order valence-corrected chi connectivity index (χ2v) is 6.50. The van der Waals surface area contributed by atoms with Gasteiger partial charge in [0.2, 0.25) is 5.78 Å². The molecule has 1 heterocycles. The van der Waals surface area contributed by atoms with Crippen molar-refractivity contribution in [2.45, 2.75) is 13.8 Å². The number of carbonyl (C=O) groups is 1. The van der Waals surface area contributed by atoms with Crippen molar-refractivity contribution in [2.24, 2.45) is 0 Å². The van der Waals surface area contributed by atoms with Crippen LogP contribution in [0.15, 0.2) is 54.1 Å². The van der Waals surface area contributed by atoms with E-state index in [1.54, 1.807) is 48.7 Å². The fraction of sp³-hybridized carbons (Fsp3) is 0.130. The van der Waals surface area contributed by atoms with Crippen molar-refractivity contribution in [1.29, 1.82) is 5.26 Å². The first-order valence-electron chi connectivity index (χ1n) is 8.84. The lowest BCUT2D eigenvalue weighted by Gasteiger charge is -2.10. The maximum absolute atomic E-state index is 14.3. The lowest BCUT2D eigenvalue weighted by Crippen LogP contribution is -2.06. The zero-order valence-corrected chi connectivity index (χ0v) is 16.2. The molecule has 3 aromatic rings. The molecular formula is C23H19FN2O3. The first-order valence-corrected chi connectivity index (χ1v) is 8.84. The number of phenolic OH excluding ortho intramolecular Hbond substituents is 1. The van der Waals surface area contributed by atoms with Gasteiger partial charge in [-0.3, -0.25) is 4.79 Å². The third-order valence-corrected chi connectivity index (χ3v) is 4.65. The molecule has 29 heavy (non-hydrogen) atoms. The molecular weight excluding hydrogens is 371 g/mol. The molecule has 0 aliphatic rings. The van der Waals surface area contributed by atoms with Crippen LogP contribution in [0.1, 0.15) is 27.3 Å². The normalized spacial score (nSPS) is 11.2. The Balaban J connectivity index is 2.05. The number of ether oxygens (including phenoxy) is 1. The second kappa shape index (κ2) is 8.03. The summed E-state index contributed by atoms with van der Waals surface area (Å²) in [6.07, 6.45) is 1.43. The van der Waals surface area contributed by atoms with E-state index in [0.29, 0.717) is 28.2 Å². The molecule has 3 rings (SSSR count). The van der Waals surface area contributed by atoms with Crippen LogP contribution in [0.4, 0.5) is 4.39 Å². The van der Waals surface area contributed by atoms with E-state index in [1.807, 2.05) is 6.07 Å². The molecule has 1 aromatic heterocycles. The maximum Gasteiger partial charge on any atom is 0.205 e. The lowest BCUT2D eigenvalue weighted by atomic mass is 10.0. The molecule has 0 amide bonds. The molecule has 0 unspecified atom stereocenters. The average Bonchev–Trinajstić information content (AvgIpc) is 3.01. The number of allylic oxidation sites excluding steroid dienone is 1. The highest BCUT2D eigenvalue weighted by Gasteiger charge is 2.21. The number of Topliss-reactive ketones (excluding diaryl/α,β-unsaturated/α-hetero) is 1. The van der Waals surface area contributed by atoms with Crippen molar-refractivity contribution < 1.29 is 19.0 Å². The number of methoxy groups -OCH3 is 1. The number of aromatic nitrogens is 1. The molecule has 0 saturated carbocycles. The number of aryl methyl sites for hydroxylation is 1. The van der Waals surface area contributed by atoms with Gasteiger partial charge in [0.05, 0.1) is 12.8 Å². The standard InChI is InChI=1S/C23H19FN2O3/c1-14-10-18(15(2)26(14)20-7-5-4-6-19(20)24)23(28)17(13-25)11-16-8-9-21(27)22(12-16)29-3/h4-12,27H,1-3H3/b17-11+. The maximum atomic E-state index is 14.3. The minimum absolute atomic E-state index is 0.0390. The van der Waals surface area contributed by atoms with Gasteiger partial charge in [-0.2, -0.15) is 5.26 Å². The fourth-order valence-electron chi connectivity index (χ4n) is 3.24. The highest BCUT2D eigenvalue weighted by atomic mass is 19.1. The fourth-order valence-corrected chi connectivity index (χ4v) is 3.24. The summed E-state index contributed by atoms with van der Waals surface area (Å²) in [6.45, 7) is 3.49. The Morgan fingerprint density at radius 1 is 1.21 bits per heavy atom. The van der Waals surface area contributed by atoms with Crippen LogP contribution >= 0.6 is 0 Å². The lowest BCUT2D eigenvalue weighted by molar-refractivity contribution is 0.103. The number of hydrogen-bond acceptors (Lipinski definition) is 4. The molecule has 0 radical (unpaired) electrons. The van der Waals surface area contributed by atoms with Crippen molar-refractivity contribution in [2.75, 3.05) is 7.11 Å². The summed E-state index contributed by atoms with van der Waals surface area (Å²) < 4.78 is 21.0. The highest BCUT2D eigenvalue weighted by molar-refractivity contribution is 6.14. The van der Waals surface area contributed by atoms with E-state index >= 15 is 0 Å². The van der Waals surface area contributed by atoms with Crippen LogP contribution in [0.25, 0.3) is 11.8 Å². The number of benzene rings is 2. The van der Waals surface area contributed by atoms with Gasteiger partial charge in [-0.25, -0.2) is 4.39 Å². The summed E-state index contributed by atoms with van der Waals surface area (Å²) in [5.41, 5.74) is 2.34. The van der Waals surface area contributed by atoms with Crippen molar-refractivity contribution in [3.63, 3.8) is 0 Å². The number of ketones is 1. The van der Waals surface area contributed by atoms with Crippen LogP contribution in [0.5, 0.6) is 11.5 Å². The summed E-state index contributed by atoms with van der Waals surface area (Å²) in [5, 5.41) is 19.2. The Bertz CT molecular complexity index is 1170. The first kappa shape index (κ1) is 19.9. The van der Waals surface area contributed by atoms with Gasteiger partial charge in [0.1, 0.15) is 17.5 Å². The van der Waals surface area contributed by atoms with E-state index in [4.69, 9.17) is 4.74 Å². The molecule has 0 aliphatic carbocycles. The Kier molecular flexibility index (Phi) is 5.51. The number of carbonyl (C=O) groups excluding carboxylic acids is 1. The number of aromatic hydroxyl groups is 1. The van der Waals surface area contributed by atoms with Gasteiger partial charge in [-0.1, -0.05) is 18.2 Å². The van der Waals surface area contributed by atoms with Crippen molar-refractivity contribution in [3.05, 3.63) is 82.4 Å². The largest absolute Gasteiger partial charge is 0.504 e. The van der Waals surface area contributed by atoms with Gasteiger partial charge in [-0.05, 0) is 55.8 Å². The van der Waals surface area contributed by atoms with Crippen LogP contribution in [0.2, 0.25) is 0 Å². The number of rotatable bonds is 5. The van der Waals surface area contributed by atoms with Gasteiger partial charge in [0.15, 0.2) is 11.5 Å². The smallest absolute Gasteiger partial charge is 0.205 e. The van der Waals surface area contributed by atoms with Crippen molar-refractivity contribution in [1.82, 2.24) is 4.57 Å². The number of hydrogen-bond donors (Lipinski definition) is 1. The zero-order valence-electron chi connectivity index (χ0n) is 16.2. The Hall–Kier alpha value is -3.85. The summed E-state index contributed by atoms with van der Waals surface area (Å²) in [5.74, 6) is -0.667. The number of nitriles is 1. The number of phenols is 1. The SMILES string of the molecule is COc1cc(/C=C(\C#N)C(=O)c2cc(C)n(-c3ccccc3F)c2C)ccc1O. The molecule has 0 spiro atoms. The van der Waals surface area contributed by atoms with Gasteiger partial charge in [-0.15, -0.1) is 0 Å². The highest BCUT2D eigenvalue weighted by Crippen LogP contribution is 2.28. The zero-order chi connectivity index (χ0) is 21.1. The van der Waals surface area contributed by atoms with Crippen molar-refractivity contribution >= 4 is 11.9 Å². The monoisotopic (exact) mass is 390 g/mol. The second-order valence-electron chi connectivity index (χ2n) is 6.50. The van der Waals surface area contributed by atoms with Crippen LogP contribution in [0.3, 0.4) is 0 Å². The topological polar surface area (TPSA) is 75.2 Å². The molecule has 1 N–H and O–H groups in total. The van der Waals surface area contributed by atoms with Gasteiger partial charge >= 0.3 is 0 Å². The summed E-state index contributed by atoms with van der Waals surface area (Å²) >= 11 is 0. The molecule has 0 saturated heterocycles. The number of para-hydroxylation sites is 1.